The van der Waals surface area contributed by atoms with Crippen LogP contribution in [-0.2, 0) is 0 Å². The normalized spacial score (nSPS) is 51.9. The maximum absolute atomic E-state index is 11.4. The fourth-order valence-corrected chi connectivity index (χ4v) is 9.26. The highest BCUT2D eigenvalue weighted by molar-refractivity contribution is 5.14. The Bertz CT molecular complexity index is 605. The number of hydrogen-bond acceptors (Lipinski definition) is 3. The topological polar surface area (TPSA) is 60.7 Å². The van der Waals surface area contributed by atoms with E-state index in [2.05, 4.69) is 34.6 Å². The molecule has 4 saturated carbocycles. The Hall–Kier alpha value is -0.120. The average Bonchev–Trinajstić information content (AvgIpc) is 3.04. The summed E-state index contributed by atoms with van der Waals surface area (Å²) < 4.78 is 0. The highest BCUT2D eigenvalue weighted by Gasteiger charge is 2.65. The highest BCUT2D eigenvalue weighted by Crippen LogP contribution is 2.68. The summed E-state index contributed by atoms with van der Waals surface area (Å²) >= 11 is 0. The molecule has 0 saturated heterocycles. The summed E-state index contributed by atoms with van der Waals surface area (Å²) in [6.07, 6.45) is 9.94. The molecule has 0 radical (unpaired) electrons. The van der Waals surface area contributed by atoms with Crippen LogP contribution in [0.1, 0.15) is 98.8 Å². The van der Waals surface area contributed by atoms with E-state index in [1.807, 2.05) is 0 Å². The lowest BCUT2D eigenvalue weighted by atomic mass is 9.43. The van der Waals surface area contributed by atoms with Crippen molar-refractivity contribution in [2.75, 3.05) is 0 Å². The summed E-state index contributed by atoms with van der Waals surface area (Å²) in [5, 5.41) is 32.8. The lowest BCUT2D eigenvalue weighted by Gasteiger charge is -2.63. The molecule has 0 amide bonds. The van der Waals surface area contributed by atoms with E-state index in [0.29, 0.717) is 23.7 Å². The van der Waals surface area contributed by atoms with Gasteiger partial charge in [-0.25, -0.2) is 0 Å². The number of aliphatic hydroxyl groups is 3. The van der Waals surface area contributed by atoms with Crippen LogP contribution in [0.15, 0.2) is 0 Å². The maximum Gasteiger partial charge on any atom is 0.0836 e. The molecule has 0 aromatic rings. The summed E-state index contributed by atoms with van der Waals surface area (Å²) in [6, 6.07) is 0. The molecule has 11 atom stereocenters. The van der Waals surface area contributed by atoms with E-state index in [4.69, 9.17) is 0 Å². The first kappa shape index (κ1) is 23.1. The molecule has 30 heavy (non-hydrogen) atoms. The van der Waals surface area contributed by atoms with Crippen molar-refractivity contribution in [2.45, 2.75) is 117 Å². The first-order chi connectivity index (χ1) is 14.1. The van der Waals surface area contributed by atoms with Crippen LogP contribution in [0.3, 0.4) is 0 Å². The number of aliphatic hydroxyl groups excluding tert-OH is 3. The molecule has 4 fully saturated rings. The minimum atomic E-state index is -0.670. The van der Waals surface area contributed by atoms with Crippen LogP contribution >= 0.6 is 0 Å². The van der Waals surface area contributed by atoms with Crippen LogP contribution < -0.4 is 0 Å². The molecular weight excluding hydrogens is 372 g/mol. The van der Waals surface area contributed by atoms with E-state index in [0.717, 1.165) is 30.6 Å². The van der Waals surface area contributed by atoms with Crippen molar-refractivity contribution in [2.24, 2.45) is 52.3 Å². The van der Waals surface area contributed by atoms with Crippen LogP contribution in [0.25, 0.3) is 0 Å². The predicted molar refractivity (Wildman–Crippen MR) is 122 cm³/mol. The third-order valence-electron chi connectivity index (χ3n) is 10.9. The molecule has 4 rings (SSSR count). The van der Waals surface area contributed by atoms with Gasteiger partial charge in [-0.1, -0.05) is 53.9 Å². The van der Waals surface area contributed by atoms with Crippen molar-refractivity contribution < 1.29 is 15.3 Å². The van der Waals surface area contributed by atoms with Crippen LogP contribution in [0, 0.1) is 52.3 Å². The molecule has 0 heterocycles. The van der Waals surface area contributed by atoms with E-state index in [9.17, 15) is 15.3 Å². The van der Waals surface area contributed by atoms with Crippen molar-refractivity contribution in [3.8, 4) is 0 Å². The van der Waals surface area contributed by atoms with Gasteiger partial charge in [0.15, 0.2) is 0 Å². The number of rotatable bonds is 5. The minimum absolute atomic E-state index is 0.0500. The van der Waals surface area contributed by atoms with Gasteiger partial charge in [-0.15, -0.1) is 0 Å². The fourth-order valence-electron chi connectivity index (χ4n) is 9.26. The predicted octanol–water partition coefficient (Wildman–Crippen LogP) is 5.41. The van der Waals surface area contributed by atoms with Crippen LogP contribution in [-0.4, -0.2) is 33.6 Å². The largest absolute Gasteiger partial charge is 0.393 e. The minimum Gasteiger partial charge on any atom is -0.393 e. The van der Waals surface area contributed by atoms with E-state index in [1.54, 1.807) is 0 Å². The smallest absolute Gasteiger partial charge is 0.0836 e. The Morgan fingerprint density at radius 2 is 1.43 bits per heavy atom. The molecule has 3 N–H and O–H groups in total. The average molecular weight is 421 g/mol. The van der Waals surface area contributed by atoms with Gasteiger partial charge in [-0.05, 0) is 97.2 Å². The molecule has 174 valence electrons. The number of fused-ring (bicyclic) bond motifs is 5. The molecule has 3 heteroatoms. The van der Waals surface area contributed by atoms with Gasteiger partial charge in [0.1, 0.15) is 0 Å². The second-order valence-electron chi connectivity index (χ2n) is 12.8. The molecule has 3 nitrogen and oxygen atoms in total. The Labute approximate surface area is 185 Å². The molecule has 0 aromatic carbocycles. The monoisotopic (exact) mass is 420 g/mol. The second kappa shape index (κ2) is 8.34. The van der Waals surface area contributed by atoms with Crippen LogP contribution in [0.2, 0.25) is 0 Å². The lowest BCUT2D eigenvalue weighted by molar-refractivity contribution is -0.223. The Morgan fingerprint density at radius 3 is 2.13 bits per heavy atom. The van der Waals surface area contributed by atoms with Crippen molar-refractivity contribution >= 4 is 0 Å². The summed E-state index contributed by atoms with van der Waals surface area (Å²) in [5.74, 6) is 3.65. The first-order valence-electron chi connectivity index (χ1n) is 13.1. The van der Waals surface area contributed by atoms with Crippen molar-refractivity contribution in [3.63, 3.8) is 0 Å². The van der Waals surface area contributed by atoms with Crippen molar-refractivity contribution in [3.05, 3.63) is 0 Å². The standard InChI is InChI=1S/C27H48O3/c1-16(2)7-6-8-17(3)19-9-10-20-23-21(12-14-26(19,20)4)27(5)13-11-18(28)15-22(27)24(29)25(23)30/h16-25,28-30H,6-15H2,1-5H3/t17-,18?,19-,20+,21+,22?,23+,24?,25?,26-,27-/m1/s1. The summed E-state index contributed by atoms with van der Waals surface area (Å²) in [5.41, 5.74) is 0.390. The lowest BCUT2D eigenvalue weighted by Crippen LogP contribution is -2.64. The van der Waals surface area contributed by atoms with Gasteiger partial charge in [-0.2, -0.15) is 0 Å². The Balaban J connectivity index is 1.54. The fraction of sp³-hybridized carbons (Fsp3) is 1.00. The zero-order chi connectivity index (χ0) is 21.8. The molecule has 0 bridgehead atoms. The van der Waals surface area contributed by atoms with Gasteiger partial charge < -0.3 is 15.3 Å². The quantitative estimate of drug-likeness (QED) is 0.557. The summed E-state index contributed by atoms with van der Waals surface area (Å²) in [6.45, 7) is 12.0. The summed E-state index contributed by atoms with van der Waals surface area (Å²) in [7, 11) is 0. The SMILES string of the molecule is CC(C)CCC[C@@H](C)[C@H]1CC[C@H]2[C@@H]3C(O)C(O)C4CC(O)CC[C@]4(C)[C@H]3CC[C@]12C. The van der Waals surface area contributed by atoms with Gasteiger partial charge in [0.25, 0.3) is 0 Å². The van der Waals surface area contributed by atoms with E-state index in [-0.39, 0.29) is 23.4 Å². The van der Waals surface area contributed by atoms with E-state index < -0.39 is 12.2 Å². The third kappa shape index (κ3) is 3.59. The zero-order valence-electron chi connectivity index (χ0n) is 20.2. The van der Waals surface area contributed by atoms with Gasteiger partial charge in [-0.3, -0.25) is 0 Å². The van der Waals surface area contributed by atoms with Crippen molar-refractivity contribution in [1.29, 1.82) is 0 Å². The van der Waals surface area contributed by atoms with E-state index in [1.165, 1.54) is 44.9 Å². The summed E-state index contributed by atoms with van der Waals surface area (Å²) in [4.78, 5) is 0. The molecule has 4 aliphatic carbocycles. The van der Waals surface area contributed by atoms with Crippen LogP contribution in [0.4, 0.5) is 0 Å². The zero-order valence-corrected chi connectivity index (χ0v) is 20.2. The van der Waals surface area contributed by atoms with Crippen molar-refractivity contribution in [1.82, 2.24) is 0 Å². The third-order valence-corrected chi connectivity index (χ3v) is 10.9. The first-order valence-corrected chi connectivity index (χ1v) is 13.1. The molecule has 0 aromatic heterocycles. The van der Waals surface area contributed by atoms with Gasteiger partial charge in [0, 0.05) is 0 Å². The maximum atomic E-state index is 11.4. The molecule has 4 unspecified atom stereocenters. The highest BCUT2D eigenvalue weighted by atomic mass is 16.3. The Kier molecular flexibility index (Phi) is 6.41. The van der Waals surface area contributed by atoms with Crippen LogP contribution in [0.5, 0.6) is 0 Å². The van der Waals surface area contributed by atoms with E-state index >= 15 is 0 Å². The molecule has 0 aliphatic heterocycles. The molecule has 4 aliphatic rings. The second-order valence-corrected chi connectivity index (χ2v) is 12.8. The van der Waals surface area contributed by atoms with Gasteiger partial charge in [0.05, 0.1) is 18.3 Å². The Morgan fingerprint density at radius 1 is 0.767 bits per heavy atom. The van der Waals surface area contributed by atoms with Gasteiger partial charge >= 0.3 is 0 Å². The number of hydrogen-bond donors (Lipinski definition) is 3. The molecule has 0 spiro atoms. The molecular formula is C27H48O3. The van der Waals surface area contributed by atoms with Gasteiger partial charge in [0.2, 0.25) is 0 Å².